The van der Waals surface area contributed by atoms with Crippen LogP contribution < -0.4 is 15.4 Å². The van der Waals surface area contributed by atoms with Crippen molar-refractivity contribution in [3.63, 3.8) is 0 Å². The molecule has 0 atom stereocenters. The highest BCUT2D eigenvalue weighted by molar-refractivity contribution is 5.87. The van der Waals surface area contributed by atoms with Gasteiger partial charge in [-0.1, -0.05) is 12.8 Å². The molecule has 1 heterocycles. The largest absolute Gasteiger partial charge is 0.463 e. The summed E-state index contributed by atoms with van der Waals surface area (Å²) in [7, 11) is 0. The fourth-order valence-corrected chi connectivity index (χ4v) is 1.90. The van der Waals surface area contributed by atoms with Gasteiger partial charge in [0.1, 0.15) is 0 Å². The Morgan fingerprint density at radius 3 is 3.00 bits per heavy atom. The van der Waals surface area contributed by atoms with E-state index in [1.54, 1.807) is 0 Å². The number of anilines is 1. The molecule has 7 nitrogen and oxygen atoms in total. The van der Waals surface area contributed by atoms with Crippen LogP contribution in [0.2, 0.25) is 0 Å². The number of H-pyrrole nitrogens is 1. The lowest BCUT2D eigenvalue weighted by Gasteiger charge is -2.11. The average Bonchev–Trinajstić information content (AvgIpc) is 2.91. The van der Waals surface area contributed by atoms with E-state index in [4.69, 9.17) is 4.74 Å². The average molecular weight is 239 g/mol. The minimum absolute atomic E-state index is 0.240. The van der Waals surface area contributed by atoms with Crippen LogP contribution in [-0.4, -0.2) is 33.9 Å². The minimum Gasteiger partial charge on any atom is -0.463 e. The molecule has 2 amide bonds. The number of rotatable bonds is 4. The van der Waals surface area contributed by atoms with E-state index in [1.165, 1.54) is 12.8 Å². The zero-order chi connectivity index (χ0) is 12.1. The van der Waals surface area contributed by atoms with Crippen molar-refractivity contribution >= 4 is 12.0 Å². The molecule has 0 aliphatic heterocycles. The van der Waals surface area contributed by atoms with Crippen LogP contribution in [0.5, 0.6) is 6.01 Å². The SMILES string of the molecule is CCOc1n[nH]c(NC(=O)NC2CCCC2)n1. The van der Waals surface area contributed by atoms with E-state index in [1.807, 2.05) is 6.92 Å². The maximum absolute atomic E-state index is 11.6. The Morgan fingerprint density at radius 1 is 1.53 bits per heavy atom. The van der Waals surface area contributed by atoms with Crippen molar-refractivity contribution in [1.29, 1.82) is 0 Å². The summed E-state index contributed by atoms with van der Waals surface area (Å²) in [4.78, 5) is 15.5. The Bertz CT molecular complexity index is 373. The molecular formula is C10H17N5O2. The Balaban J connectivity index is 1.80. The van der Waals surface area contributed by atoms with Crippen molar-refractivity contribution in [3.05, 3.63) is 0 Å². The van der Waals surface area contributed by atoms with Crippen molar-refractivity contribution < 1.29 is 9.53 Å². The van der Waals surface area contributed by atoms with Crippen LogP contribution in [0.3, 0.4) is 0 Å². The van der Waals surface area contributed by atoms with E-state index < -0.39 is 0 Å². The maximum atomic E-state index is 11.6. The number of carbonyl (C=O) groups is 1. The molecule has 0 spiro atoms. The number of ether oxygens (including phenoxy) is 1. The van der Waals surface area contributed by atoms with Gasteiger partial charge in [-0.15, -0.1) is 5.10 Å². The highest BCUT2D eigenvalue weighted by Crippen LogP contribution is 2.17. The molecule has 1 saturated carbocycles. The molecule has 1 aromatic rings. The van der Waals surface area contributed by atoms with Gasteiger partial charge < -0.3 is 10.1 Å². The molecule has 3 N–H and O–H groups in total. The molecule has 1 aliphatic carbocycles. The molecule has 1 fully saturated rings. The lowest BCUT2D eigenvalue weighted by Crippen LogP contribution is -2.36. The number of aromatic nitrogens is 3. The van der Waals surface area contributed by atoms with Gasteiger partial charge in [0, 0.05) is 6.04 Å². The molecule has 1 aromatic heterocycles. The minimum atomic E-state index is -0.254. The molecular weight excluding hydrogens is 222 g/mol. The smallest absolute Gasteiger partial charge is 0.337 e. The van der Waals surface area contributed by atoms with E-state index in [2.05, 4.69) is 25.8 Å². The summed E-state index contributed by atoms with van der Waals surface area (Å²) in [6, 6.07) is 0.268. The summed E-state index contributed by atoms with van der Waals surface area (Å²) < 4.78 is 5.08. The monoisotopic (exact) mass is 239 g/mol. The first kappa shape index (κ1) is 11.7. The lowest BCUT2D eigenvalue weighted by molar-refractivity contribution is 0.248. The zero-order valence-electron chi connectivity index (χ0n) is 9.82. The fraction of sp³-hybridized carbons (Fsp3) is 0.700. The lowest BCUT2D eigenvalue weighted by atomic mass is 10.3. The van der Waals surface area contributed by atoms with E-state index in [9.17, 15) is 4.79 Å². The van der Waals surface area contributed by atoms with Crippen molar-refractivity contribution in [3.8, 4) is 6.01 Å². The first-order valence-corrected chi connectivity index (χ1v) is 5.90. The van der Waals surface area contributed by atoms with Gasteiger partial charge in [0.25, 0.3) is 0 Å². The van der Waals surface area contributed by atoms with Crippen LogP contribution in [0.4, 0.5) is 10.7 Å². The van der Waals surface area contributed by atoms with Crippen molar-refractivity contribution in [2.45, 2.75) is 38.6 Å². The van der Waals surface area contributed by atoms with Crippen LogP contribution in [0.15, 0.2) is 0 Å². The zero-order valence-corrected chi connectivity index (χ0v) is 9.82. The number of hydrogen-bond acceptors (Lipinski definition) is 4. The Kier molecular flexibility index (Phi) is 3.79. The second kappa shape index (κ2) is 5.51. The summed E-state index contributed by atoms with van der Waals surface area (Å²) in [5.74, 6) is 0.295. The van der Waals surface area contributed by atoms with E-state index in [0.717, 1.165) is 12.8 Å². The molecule has 94 valence electrons. The summed E-state index contributed by atoms with van der Waals surface area (Å²) in [5, 5.41) is 11.9. The summed E-state index contributed by atoms with van der Waals surface area (Å²) in [6.07, 6.45) is 4.46. The topological polar surface area (TPSA) is 91.9 Å². The number of amides is 2. The third-order valence-corrected chi connectivity index (χ3v) is 2.66. The molecule has 0 bridgehead atoms. The summed E-state index contributed by atoms with van der Waals surface area (Å²) in [5.41, 5.74) is 0. The summed E-state index contributed by atoms with van der Waals surface area (Å²) in [6.45, 7) is 2.34. The number of nitrogens with zero attached hydrogens (tertiary/aromatic N) is 2. The van der Waals surface area contributed by atoms with Gasteiger partial charge in [-0.05, 0) is 19.8 Å². The van der Waals surface area contributed by atoms with Crippen molar-refractivity contribution in [2.75, 3.05) is 11.9 Å². The first-order chi connectivity index (χ1) is 8.28. The normalized spacial score (nSPS) is 15.8. The number of aromatic amines is 1. The number of nitrogens with one attached hydrogen (secondary N) is 3. The van der Waals surface area contributed by atoms with Crippen LogP contribution in [0, 0.1) is 0 Å². The van der Waals surface area contributed by atoms with Gasteiger partial charge in [0.15, 0.2) is 0 Å². The van der Waals surface area contributed by atoms with Crippen molar-refractivity contribution in [1.82, 2.24) is 20.5 Å². The molecule has 7 heteroatoms. The number of urea groups is 1. The van der Waals surface area contributed by atoms with Crippen LogP contribution >= 0.6 is 0 Å². The van der Waals surface area contributed by atoms with Crippen molar-refractivity contribution in [2.24, 2.45) is 0 Å². The van der Waals surface area contributed by atoms with Crippen LogP contribution in [0.25, 0.3) is 0 Å². The fourth-order valence-electron chi connectivity index (χ4n) is 1.90. The molecule has 1 aliphatic rings. The predicted octanol–water partition coefficient (Wildman–Crippen LogP) is 1.27. The molecule has 0 aromatic carbocycles. The standard InChI is InChI=1S/C10H17N5O2/c1-2-17-10-13-8(14-15-10)12-9(16)11-7-5-3-4-6-7/h7H,2-6H2,1H3,(H3,11,12,13,14,15,16). The summed E-state index contributed by atoms with van der Waals surface area (Å²) >= 11 is 0. The Labute approximate surface area is 99.3 Å². The van der Waals surface area contributed by atoms with E-state index in [-0.39, 0.29) is 18.1 Å². The highest BCUT2D eigenvalue weighted by Gasteiger charge is 2.17. The maximum Gasteiger partial charge on any atom is 0.337 e. The quantitative estimate of drug-likeness (QED) is 0.737. The second-order valence-electron chi connectivity index (χ2n) is 3.98. The van der Waals surface area contributed by atoms with Gasteiger partial charge in [0.05, 0.1) is 6.61 Å². The van der Waals surface area contributed by atoms with Crippen LogP contribution in [0.1, 0.15) is 32.6 Å². The van der Waals surface area contributed by atoms with Gasteiger partial charge in [0.2, 0.25) is 5.95 Å². The third kappa shape index (κ3) is 3.33. The number of carbonyl (C=O) groups excluding carboxylic acids is 1. The van der Waals surface area contributed by atoms with Gasteiger partial charge in [-0.2, -0.15) is 4.98 Å². The van der Waals surface area contributed by atoms with E-state index in [0.29, 0.717) is 12.6 Å². The highest BCUT2D eigenvalue weighted by atomic mass is 16.5. The predicted molar refractivity (Wildman–Crippen MR) is 62.0 cm³/mol. The number of hydrogen-bond donors (Lipinski definition) is 3. The first-order valence-electron chi connectivity index (χ1n) is 5.90. The van der Waals surface area contributed by atoms with E-state index >= 15 is 0 Å². The third-order valence-electron chi connectivity index (χ3n) is 2.66. The molecule has 0 unspecified atom stereocenters. The van der Waals surface area contributed by atoms with Gasteiger partial charge >= 0.3 is 12.0 Å². The molecule has 17 heavy (non-hydrogen) atoms. The van der Waals surface area contributed by atoms with Crippen LogP contribution in [-0.2, 0) is 0 Å². The van der Waals surface area contributed by atoms with Gasteiger partial charge in [-0.3, -0.25) is 5.32 Å². The molecule has 0 saturated heterocycles. The van der Waals surface area contributed by atoms with Gasteiger partial charge in [-0.25, -0.2) is 9.89 Å². The Morgan fingerprint density at radius 2 is 2.29 bits per heavy atom. The second-order valence-corrected chi connectivity index (χ2v) is 3.98. The molecule has 0 radical (unpaired) electrons. The molecule has 2 rings (SSSR count). The Hall–Kier alpha value is -1.79.